The molecule has 1 heterocycles. The summed E-state index contributed by atoms with van der Waals surface area (Å²) in [6.07, 6.45) is 6.05. The molecule has 3 heteroatoms. The monoisotopic (exact) mass is 197 g/mol. The molecule has 2 rings (SSSR count). The van der Waals surface area contributed by atoms with E-state index >= 15 is 0 Å². The van der Waals surface area contributed by atoms with Crippen LogP contribution >= 0.6 is 0 Å². The van der Waals surface area contributed by atoms with E-state index < -0.39 is 0 Å². The minimum absolute atomic E-state index is 0.130. The molecule has 0 bridgehead atoms. The molecule has 0 aliphatic heterocycles. The Morgan fingerprint density at radius 2 is 1.93 bits per heavy atom. The van der Waals surface area contributed by atoms with Gasteiger partial charge in [-0.25, -0.2) is 0 Å². The minimum atomic E-state index is -0.130. The van der Waals surface area contributed by atoms with E-state index in [1.54, 1.807) is 12.3 Å². The van der Waals surface area contributed by atoms with Crippen molar-refractivity contribution in [2.45, 2.75) is 0 Å². The lowest BCUT2D eigenvalue weighted by atomic mass is 10.2. The molecule has 2 aromatic rings. The predicted molar refractivity (Wildman–Crippen MR) is 56.3 cm³/mol. The van der Waals surface area contributed by atoms with E-state index in [9.17, 15) is 5.11 Å². The van der Waals surface area contributed by atoms with Crippen LogP contribution < -0.4 is 5.11 Å². The topological polar surface area (TPSA) is 48.8 Å². The lowest BCUT2D eigenvalue weighted by Crippen LogP contribution is -2.04. The second kappa shape index (κ2) is 4.37. The van der Waals surface area contributed by atoms with Gasteiger partial charge in [-0.2, -0.15) is 0 Å². The molecular weight excluding hydrogens is 188 g/mol. The van der Waals surface area contributed by atoms with Gasteiger partial charge in [0.1, 0.15) is 0 Å². The maximum Gasteiger partial charge on any atom is 0.0734 e. The summed E-state index contributed by atoms with van der Waals surface area (Å²) in [6.45, 7) is 0. The van der Waals surface area contributed by atoms with Gasteiger partial charge in [0.15, 0.2) is 0 Å². The average molecular weight is 197 g/mol. The first kappa shape index (κ1) is 9.40. The maximum atomic E-state index is 11.7. The summed E-state index contributed by atoms with van der Waals surface area (Å²) in [7, 11) is 0. The molecule has 0 fully saturated rings. The van der Waals surface area contributed by atoms with E-state index in [0.29, 0.717) is 5.69 Å². The van der Waals surface area contributed by atoms with Gasteiger partial charge in [0.2, 0.25) is 0 Å². The number of hydrogen-bond acceptors (Lipinski definition) is 3. The van der Waals surface area contributed by atoms with Crippen molar-refractivity contribution in [2.75, 3.05) is 0 Å². The van der Waals surface area contributed by atoms with Crippen LogP contribution in [0.2, 0.25) is 0 Å². The summed E-state index contributed by atoms with van der Waals surface area (Å²) in [5.41, 5.74) is 1.23. The maximum absolute atomic E-state index is 11.7. The Labute approximate surface area is 87.8 Å². The largest absolute Gasteiger partial charge is 0.871 e. The van der Waals surface area contributed by atoms with Crippen LogP contribution in [0.4, 0.5) is 0 Å². The highest BCUT2D eigenvalue weighted by Crippen LogP contribution is 2.09. The smallest absolute Gasteiger partial charge is 0.0734 e. The molecule has 0 saturated carbocycles. The fourth-order valence-corrected chi connectivity index (χ4v) is 1.20. The van der Waals surface area contributed by atoms with Crippen LogP contribution in [0.3, 0.4) is 0 Å². The van der Waals surface area contributed by atoms with Crippen LogP contribution in [0.15, 0.2) is 48.9 Å². The molecule has 15 heavy (non-hydrogen) atoms. The van der Waals surface area contributed by atoms with Crippen LogP contribution in [0.25, 0.3) is 11.8 Å². The van der Waals surface area contributed by atoms with E-state index in [1.165, 1.54) is 12.4 Å². The average Bonchev–Trinajstić information content (AvgIpc) is 2.31. The Hall–Kier alpha value is -2.16. The van der Waals surface area contributed by atoms with Crippen molar-refractivity contribution in [1.29, 1.82) is 0 Å². The van der Waals surface area contributed by atoms with E-state index in [0.717, 1.165) is 5.56 Å². The molecule has 0 aliphatic rings. The second-order valence-electron chi connectivity index (χ2n) is 3.01. The van der Waals surface area contributed by atoms with Gasteiger partial charge in [0.25, 0.3) is 0 Å². The highest BCUT2D eigenvalue weighted by Gasteiger charge is 1.91. The Morgan fingerprint density at radius 3 is 2.60 bits per heavy atom. The van der Waals surface area contributed by atoms with E-state index in [-0.39, 0.29) is 5.76 Å². The third-order valence-electron chi connectivity index (χ3n) is 1.91. The highest BCUT2D eigenvalue weighted by molar-refractivity contribution is 5.73. The molecule has 3 nitrogen and oxygen atoms in total. The fraction of sp³-hybridized carbons (Fsp3) is 0. The molecule has 0 amide bonds. The summed E-state index contributed by atoms with van der Waals surface area (Å²) < 4.78 is 0. The SMILES string of the molecule is [O-]/C(=C\c1ccccc1)c1cnccn1. The molecule has 1 aromatic carbocycles. The van der Waals surface area contributed by atoms with Crippen LogP contribution in [0.1, 0.15) is 11.3 Å². The molecule has 0 unspecified atom stereocenters. The van der Waals surface area contributed by atoms with Crippen LogP contribution in [-0.4, -0.2) is 9.97 Å². The molecule has 0 atom stereocenters. The summed E-state index contributed by atoms with van der Waals surface area (Å²) >= 11 is 0. The Kier molecular flexibility index (Phi) is 2.74. The van der Waals surface area contributed by atoms with Gasteiger partial charge in [0.05, 0.1) is 11.9 Å². The van der Waals surface area contributed by atoms with Crippen molar-refractivity contribution in [1.82, 2.24) is 9.97 Å². The highest BCUT2D eigenvalue weighted by atomic mass is 16.3. The van der Waals surface area contributed by atoms with Gasteiger partial charge in [0, 0.05) is 12.4 Å². The number of rotatable bonds is 2. The minimum Gasteiger partial charge on any atom is -0.871 e. The van der Waals surface area contributed by atoms with Crippen molar-refractivity contribution in [3.8, 4) is 0 Å². The van der Waals surface area contributed by atoms with Gasteiger partial charge in [-0.1, -0.05) is 42.2 Å². The van der Waals surface area contributed by atoms with Gasteiger partial charge in [-0.3, -0.25) is 9.97 Å². The molecule has 74 valence electrons. The summed E-state index contributed by atoms with van der Waals surface area (Å²) in [5.74, 6) is -0.130. The zero-order chi connectivity index (χ0) is 10.5. The number of hydrogen-bond donors (Lipinski definition) is 0. The third kappa shape index (κ3) is 2.40. The Balaban J connectivity index is 2.29. The van der Waals surface area contributed by atoms with E-state index in [2.05, 4.69) is 9.97 Å². The normalized spacial score (nSPS) is 11.3. The van der Waals surface area contributed by atoms with Gasteiger partial charge < -0.3 is 5.11 Å². The van der Waals surface area contributed by atoms with Crippen LogP contribution in [0.5, 0.6) is 0 Å². The zero-order valence-corrected chi connectivity index (χ0v) is 8.00. The quantitative estimate of drug-likeness (QED) is 0.682. The van der Waals surface area contributed by atoms with Crippen LogP contribution in [-0.2, 0) is 0 Å². The summed E-state index contributed by atoms with van der Waals surface area (Å²) in [5, 5.41) is 11.7. The first-order chi connectivity index (χ1) is 7.36. The van der Waals surface area contributed by atoms with E-state index in [4.69, 9.17) is 0 Å². The lowest BCUT2D eigenvalue weighted by molar-refractivity contribution is -0.242. The fourth-order valence-electron chi connectivity index (χ4n) is 1.20. The Bertz CT molecular complexity index is 452. The van der Waals surface area contributed by atoms with Crippen molar-refractivity contribution >= 4 is 11.8 Å². The van der Waals surface area contributed by atoms with Crippen molar-refractivity contribution in [2.24, 2.45) is 0 Å². The third-order valence-corrected chi connectivity index (χ3v) is 1.91. The van der Waals surface area contributed by atoms with Crippen LogP contribution in [0, 0.1) is 0 Å². The molecule has 0 saturated heterocycles. The number of benzene rings is 1. The molecule has 0 spiro atoms. The predicted octanol–water partition coefficient (Wildman–Crippen LogP) is 1.33. The van der Waals surface area contributed by atoms with Gasteiger partial charge in [-0.05, 0) is 5.56 Å². The first-order valence-corrected chi connectivity index (χ1v) is 4.56. The molecule has 1 aromatic heterocycles. The van der Waals surface area contributed by atoms with Gasteiger partial charge in [-0.15, -0.1) is 0 Å². The zero-order valence-electron chi connectivity index (χ0n) is 8.00. The van der Waals surface area contributed by atoms with Crippen molar-refractivity contribution < 1.29 is 5.11 Å². The summed E-state index contributed by atoms with van der Waals surface area (Å²) in [4.78, 5) is 7.78. The number of aromatic nitrogens is 2. The number of nitrogens with zero attached hydrogens (tertiary/aromatic N) is 2. The van der Waals surface area contributed by atoms with Crippen molar-refractivity contribution in [3.05, 3.63) is 60.2 Å². The standard InChI is InChI=1S/C12H10N2O/c15-12(11-9-13-6-7-14-11)8-10-4-2-1-3-5-10/h1-9,15H/p-1/b12-8-. The molecule has 0 N–H and O–H groups in total. The Morgan fingerprint density at radius 1 is 1.13 bits per heavy atom. The lowest BCUT2D eigenvalue weighted by Gasteiger charge is -2.09. The first-order valence-electron chi connectivity index (χ1n) is 4.56. The summed E-state index contributed by atoms with van der Waals surface area (Å²) in [6, 6.07) is 9.41. The molecule has 0 aliphatic carbocycles. The van der Waals surface area contributed by atoms with Crippen molar-refractivity contribution in [3.63, 3.8) is 0 Å². The second-order valence-corrected chi connectivity index (χ2v) is 3.01. The molecular formula is C12H9N2O-. The molecule has 0 radical (unpaired) electrons. The van der Waals surface area contributed by atoms with E-state index in [1.807, 2.05) is 30.3 Å². The van der Waals surface area contributed by atoms with Gasteiger partial charge >= 0.3 is 0 Å².